The Morgan fingerprint density at radius 1 is 1.14 bits per heavy atom. The van der Waals surface area contributed by atoms with Crippen molar-refractivity contribution in [2.45, 2.75) is 31.7 Å². The monoisotopic (exact) mass is 290 g/mol. The van der Waals surface area contributed by atoms with E-state index in [0.29, 0.717) is 12.8 Å². The first-order valence-electron chi connectivity index (χ1n) is 6.92. The highest BCUT2D eigenvalue weighted by atomic mass is 16.4. The van der Waals surface area contributed by atoms with Gasteiger partial charge in [-0.3, -0.25) is 9.59 Å². The molecular weight excluding hydrogens is 272 g/mol. The Kier molecular flexibility index (Phi) is 4.57. The molecule has 2 rings (SSSR count). The molecule has 2 amide bonds. The first-order chi connectivity index (χ1) is 9.99. The SMILES string of the molecule is NC(=O)C1CCCCC1NC(=O)c1cccc(C(=O)O)c1. The summed E-state index contributed by atoms with van der Waals surface area (Å²) in [6, 6.07) is 5.53. The fourth-order valence-electron chi connectivity index (χ4n) is 2.69. The summed E-state index contributed by atoms with van der Waals surface area (Å²) in [5, 5.41) is 11.7. The number of nitrogens with two attached hydrogens (primary N) is 1. The second kappa shape index (κ2) is 6.39. The molecule has 1 aromatic carbocycles. The van der Waals surface area contributed by atoms with Crippen LogP contribution in [0.1, 0.15) is 46.4 Å². The molecule has 0 spiro atoms. The van der Waals surface area contributed by atoms with Gasteiger partial charge in [0.1, 0.15) is 0 Å². The van der Waals surface area contributed by atoms with Crippen molar-refractivity contribution in [3.8, 4) is 0 Å². The van der Waals surface area contributed by atoms with E-state index in [1.807, 2.05) is 0 Å². The lowest BCUT2D eigenvalue weighted by atomic mass is 9.84. The number of carboxylic acids is 1. The number of primary amides is 1. The summed E-state index contributed by atoms with van der Waals surface area (Å²) < 4.78 is 0. The molecule has 2 unspecified atom stereocenters. The Labute approximate surface area is 122 Å². The van der Waals surface area contributed by atoms with Crippen molar-refractivity contribution in [3.05, 3.63) is 35.4 Å². The summed E-state index contributed by atoms with van der Waals surface area (Å²) in [5.74, 6) is -2.22. The van der Waals surface area contributed by atoms with Gasteiger partial charge in [0, 0.05) is 11.6 Å². The Morgan fingerprint density at radius 3 is 2.48 bits per heavy atom. The van der Waals surface area contributed by atoms with E-state index in [9.17, 15) is 14.4 Å². The highest BCUT2D eigenvalue weighted by molar-refractivity contribution is 5.97. The third-order valence-electron chi connectivity index (χ3n) is 3.82. The van der Waals surface area contributed by atoms with E-state index >= 15 is 0 Å². The van der Waals surface area contributed by atoms with E-state index in [0.717, 1.165) is 12.8 Å². The zero-order chi connectivity index (χ0) is 15.4. The van der Waals surface area contributed by atoms with Crippen molar-refractivity contribution in [1.82, 2.24) is 5.32 Å². The molecule has 0 aliphatic heterocycles. The zero-order valence-electron chi connectivity index (χ0n) is 11.5. The molecule has 4 N–H and O–H groups in total. The zero-order valence-corrected chi connectivity index (χ0v) is 11.5. The van der Waals surface area contributed by atoms with Crippen molar-refractivity contribution in [2.24, 2.45) is 11.7 Å². The van der Waals surface area contributed by atoms with Crippen LogP contribution in [-0.4, -0.2) is 28.9 Å². The van der Waals surface area contributed by atoms with Gasteiger partial charge >= 0.3 is 5.97 Å². The van der Waals surface area contributed by atoms with Crippen LogP contribution in [0, 0.1) is 5.92 Å². The molecule has 112 valence electrons. The van der Waals surface area contributed by atoms with Gasteiger partial charge in [-0.15, -0.1) is 0 Å². The van der Waals surface area contributed by atoms with Crippen molar-refractivity contribution in [1.29, 1.82) is 0 Å². The van der Waals surface area contributed by atoms with Crippen LogP contribution in [0.4, 0.5) is 0 Å². The normalized spacial score (nSPS) is 21.5. The Hall–Kier alpha value is -2.37. The predicted octanol–water partition coefficient (Wildman–Crippen LogP) is 1.16. The summed E-state index contributed by atoms with van der Waals surface area (Å²) in [5.41, 5.74) is 5.69. The third-order valence-corrected chi connectivity index (χ3v) is 3.82. The standard InChI is InChI=1S/C15H18N2O4/c16-13(18)11-6-1-2-7-12(11)17-14(19)9-4-3-5-10(8-9)15(20)21/h3-5,8,11-12H,1-2,6-7H2,(H2,16,18)(H,17,19)(H,20,21). The number of nitrogens with one attached hydrogen (secondary N) is 1. The third kappa shape index (κ3) is 3.59. The van der Waals surface area contributed by atoms with E-state index in [4.69, 9.17) is 10.8 Å². The predicted molar refractivity (Wildman–Crippen MR) is 75.8 cm³/mol. The quantitative estimate of drug-likeness (QED) is 0.772. The molecule has 0 aromatic heterocycles. The molecule has 1 aromatic rings. The average molecular weight is 290 g/mol. The highest BCUT2D eigenvalue weighted by Crippen LogP contribution is 2.24. The molecule has 0 radical (unpaired) electrons. The van der Waals surface area contributed by atoms with E-state index in [2.05, 4.69) is 5.32 Å². The average Bonchev–Trinajstić information content (AvgIpc) is 2.47. The summed E-state index contributed by atoms with van der Waals surface area (Å²) >= 11 is 0. The van der Waals surface area contributed by atoms with Crippen molar-refractivity contribution >= 4 is 17.8 Å². The van der Waals surface area contributed by atoms with Crippen LogP contribution in [0.2, 0.25) is 0 Å². The maximum absolute atomic E-state index is 12.2. The molecule has 1 fully saturated rings. The summed E-state index contributed by atoms with van der Waals surface area (Å²) in [6.45, 7) is 0. The number of hydrogen-bond donors (Lipinski definition) is 3. The van der Waals surface area contributed by atoms with Gasteiger partial charge in [0.25, 0.3) is 5.91 Å². The van der Waals surface area contributed by atoms with Gasteiger partial charge in [0.05, 0.1) is 11.5 Å². The number of amides is 2. The number of aromatic carboxylic acids is 1. The van der Waals surface area contributed by atoms with Gasteiger partial charge in [0.15, 0.2) is 0 Å². The Bertz CT molecular complexity index is 571. The van der Waals surface area contributed by atoms with Crippen LogP contribution in [0.5, 0.6) is 0 Å². The van der Waals surface area contributed by atoms with E-state index in [1.54, 1.807) is 6.07 Å². The van der Waals surface area contributed by atoms with Crippen molar-refractivity contribution in [2.75, 3.05) is 0 Å². The maximum Gasteiger partial charge on any atom is 0.335 e. The first kappa shape index (κ1) is 15.0. The molecule has 1 saturated carbocycles. The topological polar surface area (TPSA) is 109 Å². The first-order valence-corrected chi connectivity index (χ1v) is 6.92. The lowest BCUT2D eigenvalue weighted by Crippen LogP contribution is -2.47. The van der Waals surface area contributed by atoms with Gasteiger partial charge in [-0.25, -0.2) is 4.79 Å². The molecule has 6 heteroatoms. The highest BCUT2D eigenvalue weighted by Gasteiger charge is 2.30. The molecule has 0 bridgehead atoms. The number of hydrogen-bond acceptors (Lipinski definition) is 3. The molecule has 21 heavy (non-hydrogen) atoms. The molecule has 0 saturated heterocycles. The van der Waals surface area contributed by atoms with Crippen molar-refractivity contribution < 1.29 is 19.5 Å². The Morgan fingerprint density at radius 2 is 1.81 bits per heavy atom. The fourth-order valence-corrected chi connectivity index (χ4v) is 2.69. The number of benzene rings is 1. The van der Waals surface area contributed by atoms with Gasteiger partial charge in [0.2, 0.25) is 5.91 Å². The van der Waals surface area contributed by atoms with Crippen LogP contribution < -0.4 is 11.1 Å². The molecule has 1 aliphatic rings. The van der Waals surface area contributed by atoms with E-state index in [-0.39, 0.29) is 29.0 Å². The largest absolute Gasteiger partial charge is 0.478 e. The van der Waals surface area contributed by atoms with Gasteiger partial charge in [-0.2, -0.15) is 0 Å². The lowest BCUT2D eigenvalue weighted by molar-refractivity contribution is -0.123. The summed E-state index contributed by atoms with van der Waals surface area (Å²) in [6.07, 6.45) is 3.24. The van der Waals surface area contributed by atoms with Gasteiger partial charge < -0.3 is 16.2 Å². The van der Waals surface area contributed by atoms with Crippen LogP contribution in [0.15, 0.2) is 24.3 Å². The number of carboxylic acid groups (broad SMARTS) is 1. The van der Waals surface area contributed by atoms with Crippen LogP contribution in [0.3, 0.4) is 0 Å². The Balaban J connectivity index is 2.11. The maximum atomic E-state index is 12.2. The lowest BCUT2D eigenvalue weighted by Gasteiger charge is -2.30. The minimum absolute atomic E-state index is 0.0535. The molecule has 6 nitrogen and oxygen atoms in total. The summed E-state index contributed by atoms with van der Waals surface area (Å²) in [4.78, 5) is 34.5. The van der Waals surface area contributed by atoms with Crippen LogP contribution in [-0.2, 0) is 4.79 Å². The second-order valence-corrected chi connectivity index (χ2v) is 5.26. The van der Waals surface area contributed by atoms with E-state index in [1.165, 1.54) is 18.2 Å². The minimum Gasteiger partial charge on any atom is -0.478 e. The van der Waals surface area contributed by atoms with E-state index < -0.39 is 11.9 Å². The molecular formula is C15H18N2O4. The second-order valence-electron chi connectivity index (χ2n) is 5.26. The molecule has 0 heterocycles. The molecule has 2 atom stereocenters. The number of carbonyl (C=O) groups is 3. The van der Waals surface area contributed by atoms with Crippen LogP contribution >= 0.6 is 0 Å². The van der Waals surface area contributed by atoms with Crippen molar-refractivity contribution in [3.63, 3.8) is 0 Å². The summed E-state index contributed by atoms with van der Waals surface area (Å²) in [7, 11) is 0. The number of carbonyl (C=O) groups excluding carboxylic acids is 2. The fraction of sp³-hybridized carbons (Fsp3) is 0.400. The number of rotatable bonds is 4. The molecule has 1 aliphatic carbocycles. The smallest absolute Gasteiger partial charge is 0.335 e. The van der Waals surface area contributed by atoms with Gasteiger partial charge in [-0.1, -0.05) is 18.9 Å². The van der Waals surface area contributed by atoms with Gasteiger partial charge in [-0.05, 0) is 31.0 Å². The minimum atomic E-state index is -1.09. The van der Waals surface area contributed by atoms with Crippen LogP contribution in [0.25, 0.3) is 0 Å².